The van der Waals surface area contributed by atoms with E-state index in [4.69, 9.17) is 10.8 Å². The van der Waals surface area contributed by atoms with Crippen molar-refractivity contribution in [1.29, 1.82) is 0 Å². The molecule has 0 saturated carbocycles. The number of carboxylic acid groups (broad SMARTS) is 1. The SMILES string of the molecule is Cc1ccccc1.Cl.NC(CCCCCF)C(=O)O. The Morgan fingerprint density at radius 2 is 1.84 bits per heavy atom. The van der Waals surface area contributed by atoms with Gasteiger partial charge in [-0.3, -0.25) is 9.18 Å². The first kappa shape index (κ1) is 20.2. The second-order valence-electron chi connectivity index (χ2n) is 4.14. The summed E-state index contributed by atoms with van der Waals surface area (Å²) in [6.45, 7) is 1.75. The normalized spacial score (nSPS) is 10.7. The zero-order chi connectivity index (χ0) is 13.8. The maximum absolute atomic E-state index is 11.5. The van der Waals surface area contributed by atoms with Crippen molar-refractivity contribution in [3.8, 4) is 0 Å². The van der Waals surface area contributed by atoms with Crippen LogP contribution in [-0.2, 0) is 4.79 Å². The van der Waals surface area contributed by atoms with Gasteiger partial charge in [0.2, 0.25) is 0 Å². The molecule has 0 amide bonds. The topological polar surface area (TPSA) is 63.3 Å². The molecule has 0 saturated heterocycles. The summed E-state index contributed by atoms with van der Waals surface area (Å²) in [5.41, 5.74) is 6.53. The predicted octanol–water partition coefficient (Wildman–Crippen LogP) is 3.35. The fourth-order valence-corrected chi connectivity index (χ4v) is 1.29. The van der Waals surface area contributed by atoms with Gasteiger partial charge >= 0.3 is 5.97 Å². The van der Waals surface area contributed by atoms with Gasteiger partial charge in [0.25, 0.3) is 0 Å². The number of unbranched alkanes of at least 4 members (excludes halogenated alkanes) is 2. The van der Waals surface area contributed by atoms with E-state index in [1.165, 1.54) is 5.56 Å². The number of aliphatic carboxylic acids is 1. The zero-order valence-corrected chi connectivity index (χ0v) is 12.0. The third-order valence-electron chi connectivity index (χ3n) is 2.41. The molecular formula is C14H23ClFNO2. The highest BCUT2D eigenvalue weighted by Crippen LogP contribution is 2.02. The number of carboxylic acids is 1. The third-order valence-corrected chi connectivity index (χ3v) is 2.41. The highest BCUT2D eigenvalue weighted by atomic mass is 35.5. The van der Waals surface area contributed by atoms with Gasteiger partial charge in [-0.2, -0.15) is 0 Å². The monoisotopic (exact) mass is 291 g/mol. The van der Waals surface area contributed by atoms with Crippen LogP contribution >= 0.6 is 12.4 Å². The number of hydrogen-bond donors (Lipinski definition) is 2. The lowest BCUT2D eigenvalue weighted by atomic mass is 10.1. The molecule has 3 nitrogen and oxygen atoms in total. The third kappa shape index (κ3) is 13.1. The molecule has 1 unspecified atom stereocenters. The molecule has 1 aromatic rings. The van der Waals surface area contributed by atoms with Crippen molar-refractivity contribution in [3.63, 3.8) is 0 Å². The summed E-state index contributed by atoms with van der Waals surface area (Å²) in [7, 11) is 0. The van der Waals surface area contributed by atoms with E-state index in [0.29, 0.717) is 19.3 Å². The molecular weight excluding hydrogens is 269 g/mol. The maximum atomic E-state index is 11.5. The Balaban J connectivity index is 0. The van der Waals surface area contributed by atoms with Crippen LogP contribution in [0.25, 0.3) is 0 Å². The van der Waals surface area contributed by atoms with Gasteiger partial charge < -0.3 is 10.8 Å². The van der Waals surface area contributed by atoms with Crippen LogP contribution < -0.4 is 5.73 Å². The summed E-state index contributed by atoms with van der Waals surface area (Å²) >= 11 is 0. The predicted molar refractivity (Wildman–Crippen MR) is 78.5 cm³/mol. The molecule has 0 spiro atoms. The largest absolute Gasteiger partial charge is 0.480 e. The zero-order valence-electron chi connectivity index (χ0n) is 11.2. The Kier molecular flexibility index (Phi) is 14.1. The Morgan fingerprint density at radius 3 is 2.21 bits per heavy atom. The molecule has 0 bridgehead atoms. The molecule has 0 radical (unpaired) electrons. The van der Waals surface area contributed by atoms with Crippen molar-refractivity contribution in [2.24, 2.45) is 5.73 Å². The van der Waals surface area contributed by atoms with E-state index >= 15 is 0 Å². The Bertz CT molecular complexity index is 322. The molecule has 0 fully saturated rings. The molecule has 0 heterocycles. The van der Waals surface area contributed by atoms with Crippen molar-refractivity contribution < 1.29 is 14.3 Å². The first-order chi connectivity index (χ1) is 8.57. The molecule has 19 heavy (non-hydrogen) atoms. The minimum atomic E-state index is -0.981. The molecule has 1 rings (SSSR count). The van der Waals surface area contributed by atoms with Crippen molar-refractivity contribution in [1.82, 2.24) is 0 Å². The number of nitrogens with two attached hydrogens (primary N) is 1. The molecule has 5 heteroatoms. The van der Waals surface area contributed by atoms with Gasteiger partial charge in [-0.15, -0.1) is 12.4 Å². The number of alkyl halides is 1. The number of hydrogen-bond acceptors (Lipinski definition) is 2. The Morgan fingerprint density at radius 1 is 1.26 bits per heavy atom. The average Bonchev–Trinajstić information content (AvgIpc) is 2.36. The summed E-state index contributed by atoms with van der Waals surface area (Å²) in [6.07, 6.45) is 2.36. The quantitative estimate of drug-likeness (QED) is 0.790. The second kappa shape index (κ2) is 13.3. The van der Waals surface area contributed by atoms with E-state index in [9.17, 15) is 9.18 Å². The number of rotatable bonds is 6. The minimum Gasteiger partial charge on any atom is -0.480 e. The van der Waals surface area contributed by atoms with E-state index in [1.54, 1.807) is 0 Å². The van der Waals surface area contributed by atoms with Crippen molar-refractivity contribution in [3.05, 3.63) is 35.9 Å². The number of halogens is 2. The van der Waals surface area contributed by atoms with Gasteiger partial charge in [-0.05, 0) is 19.8 Å². The Labute approximate surface area is 120 Å². The second-order valence-corrected chi connectivity index (χ2v) is 4.14. The van der Waals surface area contributed by atoms with Gasteiger partial charge in [-0.25, -0.2) is 0 Å². The van der Waals surface area contributed by atoms with Crippen LogP contribution in [0, 0.1) is 6.92 Å². The maximum Gasteiger partial charge on any atom is 0.320 e. The molecule has 1 aromatic carbocycles. The van der Waals surface area contributed by atoms with Crippen molar-refractivity contribution in [2.75, 3.05) is 6.67 Å². The molecule has 0 aromatic heterocycles. The van der Waals surface area contributed by atoms with E-state index in [1.807, 2.05) is 18.2 Å². The van der Waals surface area contributed by atoms with Crippen molar-refractivity contribution in [2.45, 2.75) is 38.6 Å². The molecule has 3 N–H and O–H groups in total. The molecule has 1 atom stereocenters. The fourth-order valence-electron chi connectivity index (χ4n) is 1.29. The number of carbonyl (C=O) groups is 1. The number of benzene rings is 1. The van der Waals surface area contributed by atoms with Crippen LogP contribution in [-0.4, -0.2) is 23.8 Å². The van der Waals surface area contributed by atoms with E-state index in [0.717, 1.165) is 6.42 Å². The lowest BCUT2D eigenvalue weighted by Gasteiger charge is -2.03. The summed E-state index contributed by atoms with van der Waals surface area (Å²) in [5, 5.41) is 8.34. The molecule has 0 aliphatic rings. The molecule has 110 valence electrons. The highest BCUT2D eigenvalue weighted by Gasteiger charge is 2.09. The molecule has 0 aliphatic carbocycles. The highest BCUT2D eigenvalue weighted by molar-refractivity contribution is 5.85. The summed E-state index contributed by atoms with van der Waals surface area (Å²) in [6, 6.07) is 9.48. The van der Waals surface area contributed by atoms with Crippen LogP contribution in [0.2, 0.25) is 0 Å². The van der Waals surface area contributed by atoms with Crippen LogP contribution in [0.15, 0.2) is 30.3 Å². The molecule has 0 aliphatic heterocycles. The van der Waals surface area contributed by atoms with Gasteiger partial charge in [-0.1, -0.05) is 48.7 Å². The lowest BCUT2D eigenvalue weighted by Crippen LogP contribution is -2.29. The average molecular weight is 292 g/mol. The number of aryl methyl sites for hydroxylation is 1. The van der Waals surface area contributed by atoms with E-state index in [2.05, 4.69) is 19.1 Å². The van der Waals surface area contributed by atoms with E-state index in [-0.39, 0.29) is 19.1 Å². The van der Waals surface area contributed by atoms with Gasteiger partial charge in [0.1, 0.15) is 6.04 Å². The summed E-state index contributed by atoms with van der Waals surface area (Å²) in [4.78, 5) is 10.2. The van der Waals surface area contributed by atoms with Crippen molar-refractivity contribution >= 4 is 18.4 Å². The van der Waals surface area contributed by atoms with Crippen LogP contribution in [0.4, 0.5) is 4.39 Å². The smallest absolute Gasteiger partial charge is 0.320 e. The van der Waals surface area contributed by atoms with Crippen LogP contribution in [0.1, 0.15) is 31.2 Å². The van der Waals surface area contributed by atoms with Crippen LogP contribution in [0.3, 0.4) is 0 Å². The summed E-state index contributed by atoms with van der Waals surface area (Å²) < 4.78 is 11.5. The minimum absolute atomic E-state index is 0. The Hall–Kier alpha value is -1.13. The first-order valence-electron chi connectivity index (χ1n) is 6.14. The fraction of sp³-hybridized carbons (Fsp3) is 0.500. The van der Waals surface area contributed by atoms with Gasteiger partial charge in [0, 0.05) is 0 Å². The van der Waals surface area contributed by atoms with Gasteiger partial charge in [0.05, 0.1) is 6.67 Å². The van der Waals surface area contributed by atoms with Crippen LogP contribution in [0.5, 0.6) is 0 Å². The van der Waals surface area contributed by atoms with E-state index < -0.39 is 12.0 Å². The summed E-state index contributed by atoms with van der Waals surface area (Å²) in [5.74, 6) is -0.981. The standard InChI is InChI=1S/C7H14FNO2.C7H8.ClH/c8-5-3-1-2-4-6(9)7(10)11;1-7-5-3-2-4-6-7;/h6H,1-5,9H2,(H,10,11);2-6H,1H3;1H. The van der Waals surface area contributed by atoms with Gasteiger partial charge in [0.15, 0.2) is 0 Å². The first-order valence-corrected chi connectivity index (χ1v) is 6.14. The lowest BCUT2D eigenvalue weighted by molar-refractivity contribution is -0.138.